The van der Waals surface area contributed by atoms with Crippen LogP contribution in [0.15, 0.2) is 0 Å². The molecule has 58 valence electrons. The molecule has 10 heavy (non-hydrogen) atoms. The van der Waals surface area contributed by atoms with E-state index in [0.29, 0.717) is 5.54 Å². The van der Waals surface area contributed by atoms with E-state index in [-0.39, 0.29) is 0 Å². The molecule has 2 nitrogen and oxygen atoms in total. The van der Waals surface area contributed by atoms with E-state index >= 15 is 0 Å². The van der Waals surface area contributed by atoms with Crippen LogP contribution in [0, 0.1) is 0 Å². The van der Waals surface area contributed by atoms with E-state index in [1.807, 2.05) is 0 Å². The number of hydrogen-bond acceptors (Lipinski definition) is 2. The van der Waals surface area contributed by atoms with E-state index in [1.54, 1.807) is 0 Å². The summed E-state index contributed by atoms with van der Waals surface area (Å²) in [5.74, 6) is 0. The monoisotopic (exact) mass is 140 g/mol. The van der Waals surface area contributed by atoms with Crippen molar-refractivity contribution in [3.05, 3.63) is 0 Å². The molecule has 2 heterocycles. The molecule has 2 rings (SSSR count). The van der Waals surface area contributed by atoms with Crippen LogP contribution >= 0.6 is 0 Å². The van der Waals surface area contributed by atoms with Gasteiger partial charge in [-0.25, -0.2) is 0 Å². The van der Waals surface area contributed by atoms with Gasteiger partial charge in [-0.3, -0.25) is 4.90 Å². The van der Waals surface area contributed by atoms with Crippen LogP contribution in [0.1, 0.15) is 19.8 Å². The zero-order valence-electron chi connectivity index (χ0n) is 6.69. The van der Waals surface area contributed by atoms with Gasteiger partial charge in [0.1, 0.15) is 0 Å². The SMILES string of the molecule is CCCN1CC2(CCN2)C1. The molecule has 0 aromatic rings. The highest BCUT2D eigenvalue weighted by atomic mass is 15.3. The Labute approximate surface area is 62.6 Å². The minimum absolute atomic E-state index is 0.592. The molecule has 2 aliphatic heterocycles. The molecule has 2 aliphatic rings. The van der Waals surface area contributed by atoms with E-state index in [2.05, 4.69) is 17.1 Å². The average Bonchev–Trinajstić information content (AvgIpc) is 1.72. The maximum atomic E-state index is 3.51. The van der Waals surface area contributed by atoms with E-state index < -0.39 is 0 Å². The standard InChI is InChI=1S/C8H16N2/c1-2-5-10-6-8(7-10)3-4-9-8/h9H,2-7H2,1H3. The van der Waals surface area contributed by atoms with Gasteiger partial charge in [0.15, 0.2) is 0 Å². The van der Waals surface area contributed by atoms with E-state index in [1.165, 1.54) is 39.0 Å². The van der Waals surface area contributed by atoms with Crippen molar-refractivity contribution in [1.82, 2.24) is 10.2 Å². The lowest BCUT2D eigenvalue weighted by Crippen LogP contribution is -2.75. The summed E-state index contributed by atoms with van der Waals surface area (Å²) >= 11 is 0. The number of rotatable bonds is 2. The zero-order valence-corrected chi connectivity index (χ0v) is 6.69. The number of hydrogen-bond donors (Lipinski definition) is 1. The largest absolute Gasteiger partial charge is 0.309 e. The van der Waals surface area contributed by atoms with Crippen molar-refractivity contribution < 1.29 is 0 Å². The molecule has 2 fully saturated rings. The predicted molar refractivity (Wildman–Crippen MR) is 42.1 cm³/mol. The third kappa shape index (κ3) is 0.867. The maximum absolute atomic E-state index is 3.51. The fourth-order valence-electron chi connectivity index (χ4n) is 2.03. The van der Waals surface area contributed by atoms with Crippen LogP contribution < -0.4 is 5.32 Å². The number of likely N-dealkylation sites (tertiary alicyclic amines) is 1. The molecule has 2 saturated heterocycles. The second-order valence-corrected chi connectivity index (χ2v) is 3.67. The lowest BCUT2D eigenvalue weighted by molar-refractivity contribution is -0.00493. The van der Waals surface area contributed by atoms with Gasteiger partial charge in [0, 0.05) is 18.6 Å². The average molecular weight is 140 g/mol. The molecule has 1 spiro atoms. The highest BCUT2D eigenvalue weighted by Crippen LogP contribution is 2.29. The van der Waals surface area contributed by atoms with Crippen molar-refractivity contribution in [2.45, 2.75) is 25.3 Å². The zero-order chi connectivity index (χ0) is 7.03. The molecule has 0 bridgehead atoms. The maximum Gasteiger partial charge on any atom is 0.0449 e. The normalized spacial score (nSPS) is 29.7. The van der Waals surface area contributed by atoms with Gasteiger partial charge < -0.3 is 5.32 Å². The molecule has 0 aromatic heterocycles. The fraction of sp³-hybridized carbons (Fsp3) is 1.00. The van der Waals surface area contributed by atoms with Crippen LogP contribution in [0.25, 0.3) is 0 Å². The van der Waals surface area contributed by atoms with Gasteiger partial charge in [0.05, 0.1) is 0 Å². The third-order valence-electron chi connectivity index (χ3n) is 2.70. The van der Waals surface area contributed by atoms with Gasteiger partial charge in [0.25, 0.3) is 0 Å². The third-order valence-corrected chi connectivity index (χ3v) is 2.70. The number of nitrogens with one attached hydrogen (secondary N) is 1. The molecule has 0 unspecified atom stereocenters. The highest BCUT2D eigenvalue weighted by Gasteiger charge is 2.46. The fourth-order valence-corrected chi connectivity index (χ4v) is 2.03. The lowest BCUT2D eigenvalue weighted by atomic mass is 9.80. The molecule has 1 N–H and O–H groups in total. The first-order valence-corrected chi connectivity index (χ1v) is 4.32. The van der Waals surface area contributed by atoms with Crippen LogP contribution in [0.3, 0.4) is 0 Å². The first kappa shape index (κ1) is 6.62. The van der Waals surface area contributed by atoms with Gasteiger partial charge in [-0.05, 0) is 25.9 Å². The molecule has 0 aromatic carbocycles. The summed E-state index contributed by atoms with van der Waals surface area (Å²) < 4.78 is 0. The first-order chi connectivity index (χ1) is 4.85. The second kappa shape index (κ2) is 2.21. The Bertz CT molecular complexity index is 121. The van der Waals surface area contributed by atoms with Crippen molar-refractivity contribution in [3.63, 3.8) is 0 Å². The Morgan fingerprint density at radius 1 is 1.50 bits per heavy atom. The molecule has 0 saturated carbocycles. The lowest BCUT2D eigenvalue weighted by Gasteiger charge is -2.56. The quantitative estimate of drug-likeness (QED) is 0.599. The van der Waals surface area contributed by atoms with Crippen LogP contribution in [0.4, 0.5) is 0 Å². The Hall–Kier alpha value is -0.0800. The van der Waals surface area contributed by atoms with E-state index in [0.717, 1.165) is 0 Å². The molecule has 0 radical (unpaired) electrons. The van der Waals surface area contributed by atoms with Gasteiger partial charge in [0.2, 0.25) is 0 Å². The van der Waals surface area contributed by atoms with Crippen molar-refractivity contribution in [2.75, 3.05) is 26.2 Å². The molecular formula is C8H16N2. The van der Waals surface area contributed by atoms with Crippen LogP contribution in [0.5, 0.6) is 0 Å². The molecule has 0 aliphatic carbocycles. The summed E-state index contributed by atoms with van der Waals surface area (Å²) in [6.07, 6.45) is 2.71. The highest BCUT2D eigenvalue weighted by molar-refractivity contribution is 5.08. The van der Waals surface area contributed by atoms with E-state index in [9.17, 15) is 0 Å². The minimum atomic E-state index is 0.592. The summed E-state index contributed by atoms with van der Waals surface area (Å²) in [5.41, 5.74) is 0.592. The van der Waals surface area contributed by atoms with E-state index in [4.69, 9.17) is 0 Å². The predicted octanol–water partition coefficient (Wildman–Crippen LogP) is 0.444. The number of nitrogens with zero attached hydrogens (tertiary/aromatic N) is 1. The Morgan fingerprint density at radius 2 is 2.20 bits per heavy atom. The van der Waals surface area contributed by atoms with Crippen molar-refractivity contribution in [3.8, 4) is 0 Å². The second-order valence-electron chi connectivity index (χ2n) is 3.67. The summed E-state index contributed by atoms with van der Waals surface area (Å²) in [5, 5.41) is 3.51. The summed E-state index contributed by atoms with van der Waals surface area (Å²) in [6.45, 7) is 7.41. The van der Waals surface area contributed by atoms with Crippen LogP contribution in [0.2, 0.25) is 0 Å². The first-order valence-electron chi connectivity index (χ1n) is 4.32. The summed E-state index contributed by atoms with van der Waals surface area (Å²) in [4.78, 5) is 2.53. The summed E-state index contributed by atoms with van der Waals surface area (Å²) in [6, 6.07) is 0. The topological polar surface area (TPSA) is 15.3 Å². The Morgan fingerprint density at radius 3 is 2.60 bits per heavy atom. The van der Waals surface area contributed by atoms with Gasteiger partial charge >= 0.3 is 0 Å². The van der Waals surface area contributed by atoms with Gasteiger partial charge in [-0.2, -0.15) is 0 Å². The molecule has 0 atom stereocenters. The van der Waals surface area contributed by atoms with Gasteiger partial charge in [-0.1, -0.05) is 6.92 Å². The van der Waals surface area contributed by atoms with Gasteiger partial charge in [-0.15, -0.1) is 0 Å². The Balaban J connectivity index is 1.72. The summed E-state index contributed by atoms with van der Waals surface area (Å²) in [7, 11) is 0. The molecular weight excluding hydrogens is 124 g/mol. The van der Waals surface area contributed by atoms with Crippen LogP contribution in [-0.4, -0.2) is 36.6 Å². The smallest absolute Gasteiger partial charge is 0.0449 e. The Kier molecular flexibility index (Phi) is 1.46. The molecule has 2 heteroatoms. The van der Waals surface area contributed by atoms with Crippen molar-refractivity contribution in [1.29, 1.82) is 0 Å². The molecule has 0 amide bonds. The minimum Gasteiger partial charge on any atom is -0.309 e. The van der Waals surface area contributed by atoms with Crippen molar-refractivity contribution in [2.24, 2.45) is 0 Å². The van der Waals surface area contributed by atoms with Crippen LogP contribution in [-0.2, 0) is 0 Å². The van der Waals surface area contributed by atoms with Crippen molar-refractivity contribution >= 4 is 0 Å².